The van der Waals surface area contributed by atoms with Crippen molar-refractivity contribution in [2.75, 3.05) is 12.4 Å². The van der Waals surface area contributed by atoms with Gasteiger partial charge in [0, 0.05) is 18.3 Å². The molecule has 0 aromatic heterocycles. The van der Waals surface area contributed by atoms with Gasteiger partial charge < -0.3 is 10.6 Å². The average molecular weight is 176 g/mol. The van der Waals surface area contributed by atoms with Crippen molar-refractivity contribution in [3.05, 3.63) is 29.3 Å². The van der Waals surface area contributed by atoms with E-state index < -0.39 is 0 Å². The second kappa shape index (κ2) is 3.38. The number of hydrogen-bond donors (Lipinski definition) is 2. The molecule has 0 aliphatic carbocycles. The predicted molar refractivity (Wildman–Crippen MR) is 56.0 cm³/mol. The van der Waals surface area contributed by atoms with Gasteiger partial charge in [0.1, 0.15) is 0 Å². The van der Waals surface area contributed by atoms with Crippen LogP contribution < -0.4 is 10.6 Å². The highest BCUT2D eigenvalue weighted by molar-refractivity contribution is 5.62. The van der Waals surface area contributed by atoms with E-state index in [0.29, 0.717) is 6.04 Å². The minimum atomic E-state index is 0.591. The van der Waals surface area contributed by atoms with Crippen molar-refractivity contribution in [2.24, 2.45) is 0 Å². The third-order valence-electron chi connectivity index (χ3n) is 2.52. The van der Waals surface area contributed by atoms with Gasteiger partial charge in [0.15, 0.2) is 0 Å². The van der Waals surface area contributed by atoms with Crippen LogP contribution in [0.5, 0.6) is 0 Å². The lowest BCUT2D eigenvalue weighted by molar-refractivity contribution is 0.816. The maximum Gasteiger partial charge on any atom is 0.0421 e. The summed E-state index contributed by atoms with van der Waals surface area (Å²) in [6.07, 6.45) is 1.16. The van der Waals surface area contributed by atoms with Crippen LogP contribution in [0.25, 0.3) is 0 Å². The molecule has 2 heteroatoms. The number of anilines is 1. The lowest BCUT2D eigenvalue weighted by Gasteiger charge is -2.08. The van der Waals surface area contributed by atoms with Gasteiger partial charge in [-0.3, -0.25) is 0 Å². The number of nitrogens with one attached hydrogen (secondary N) is 2. The van der Waals surface area contributed by atoms with Gasteiger partial charge in [0.2, 0.25) is 0 Å². The molecule has 70 valence electrons. The molecule has 0 radical (unpaired) electrons. The molecule has 0 spiro atoms. The Hall–Kier alpha value is -1.02. The van der Waals surface area contributed by atoms with Crippen LogP contribution in [0.2, 0.25) is 0 Å². The van der Waals surface area contributed by atoms with E-state index in [4.69, 9.17) is 0 Å². The summed E-state index contributed by atoms with van der Waals surface area (Å²) in [6.45, 7) is 3.17. The molecule has 0 amide bonds. The summed E-state index contributed by atoms with van der Waals surface area (Å²) in [5.74, 6) is 0. The van der Waals surface area contributed by atoms with Crippen LogP contribution in [-0.2, 0) is 13.0 Å². The van der Waals surface area contributed by atoms with Crippen LogP contribution in [-0.4, -0.2) is 13.1 Å². The van der Waals surface area contributed by atoms with E-state index in [1.165, 1.54) is 16.8 Å². The minimum Gasteiger partial charge on any atom is -0.382 e. The molecule has 1 heterocycles. The van der Waals surface area contributed by atoms with Crippen LogP contribution in [0.4, 0.5) is 5.69 Å². The summed E-state index contributed by atoms with van der Waals surface area (Å²) >= 11 is 0. The highest BCUT2D eigenvalue weighted by Gasteiger charge is 2.18. The molecule has 2 nitrogen and oxygen atoms in total. The molecule has 1 atom stereocenters. The first-order valence-electron chi connectivity index (χ1n) is 4.83. The minimum absolute atomic E-state index is 0.591. The number of para-hydroxylation sites is 1. The van der Waals surface area contributed by atoms with Crippen LogP contribution in [0, 0.1) is 0 Å². The lowest BCUT2D eigenvalue weighted by Crippen LogP contribution is -2.11. The molecule has 1 unspecified atom stereocenters. The van der Waals surface area contributed by atoms with Gasteiger partial charge in [-0.1, -0.05) is 18.2 Å². The largest absolute Gasteiger partial charge is 0.382 e. The van der Waals surface area contributed by atoms with Crippen molar-refractivity contribution < 1.29 is 0 Å². The zero-order chi connectivity index (χ0) is 9.26. The molecule has 0 bridgehead atoms. The Morgan fingerprint density at radius 1 is 1.54 bits per heavy atom. The summed E-state index contributed by atoms with van der Waals surface area (Å²) in [5.41, 5.74) is 4.19. The lowest BCUT2D eigenvalue weighted by atomic mass is 10.1. The maximum absolute atomic E-state index is 3.51. The monoisotopic (exact) mass is 176 g/mol. The number of fused-ring (bicyclic) bond motifs is 1. The molecule has 1 aliphatic heterocycles. The van der Waals surface area contributed by atoms with Crippen molar-refractivity contribution in [2.45, 2.75) is 25.9 Å². The number of rotatable bonds is 2. The normalized spacial score (nSPS) is 19.7. The van der Waals surface area contributed by atoms with E-state index in [9.17, 15) is 0 Å². The van der Waals surface area contributed by atoms with E-state index >= 15 is 0 Å². The summed E-state index contributed by atoms with van der Waals surface area (Å²) in [4.78, 5) is 0. The van der Waals surface area contributed by atoms with E-state index in [1.807, 2.05) is 7.05 Å². The summed E-state index contributed by atoms with van der Waals surface area (Å²) in [5, 5.41) is 6.70. The smallest absolute Gasteiger partial charge is 0.0421 e. The van der Waals surface area contributed by atoms with Crippen LogP contribution in [0.15, 0.2) is 18.2 Å². The van der Waals surface area contributed by atoms with E-state index in [0.717, 1.165) is 13.0 Å². The quantitative estimate of drug-likeness (QED) is 0.717. The fourth-order valence-corrected chi connectivity index (χ4v) is 1.97. The molecule has 1 aromatic rings. The number of benzene rings is 1. The predicted octanol–water partition coefficient (Wildman–Crippen LogP) is 1.76. The Morgan fingerprint density at radius 2 is 2.38 bits per heavy atom. The van der Waals surface area contributed by atoms with Crippen LogP contribution in [0.1, 0.15) is 18.1 Å². The Labute approximate surface area is 79.4 Å². The first kappa shape index (κ1) is 8.57. The fraction of sp³-hybridized carbons (Fsp3) is 0.455. The van der Waals surface area contributed by atoms with Gasteiger partial charge in [-0.15, -0.1) is 0 Å². The Balaban J connectivity index is 2.34. The Morgan fingerprint density at radius 3 is 3.15 bits per heavy atom. The van der Waals surface area contributed by atoms with E-state index in [-0.39, 0.29) is 0 Å². The molecule has 13 heavy (non-hydrogen) atoms. The molecule has 1 aromatic carbocycles. The first-order valence-corrected chi connectivity index (χ1v) is 4.83. The second-order valence-electron chi connectivity index (χ2n) is 3.73. The Bertz CT molecular complexity index is 307. The van der Waals surface area contributed by atoms with Crippen LogP contribution in [0.3, 0.4) is 0 Å². The third-order valence-corrected chi connectivity index (χ3v) is 2.52. The number of hydrogen-bond acceptors (Lipinski definition) is 2. The topological polar surface area (TPSA) is 24.1 Å². The maximum atomic E-state index is 3.51. The molecule has 0 saturated heterocycles. The fourth-order valence-electron chi connectivity index (χ4n) is 1.97. The van der Waals surface area contributed by atoms with Gasteiger partial charge in [0.25, 0.3) is 0 Å². The van der Waals surface area contributed by atoms with Crippen molar-refractivity contribution in [1.29, 1.82) is 0 Å². The van der Waals surface area contributed by atoms with Crippen molar-refractivity contribution >= 4 is 5.69 Å². The molecular formula is C11H16N2. The zero-order valence-corrected chi connectivity index (χ0v) is 8.22. The van der Waals surface area contributed by atoms with Crippen molar-refractivity contribution in [1.82, 2.24) is 5.32 Å². The third kappa shape index (κ3) is 1.54. The van der Waals surface area contributed by atoms with Gasteiger partial charge in [0.05, 0.1) is 0 Å². The first-order chi connectivity index (χ1) is 6.31. The van der Waals surface area contributed by atoms with Gasteiger partial charge in [-0.25, -0.2) is 0 Å². The molecular weight excluding hydrogens is 160 g/mol. The highest BCUT2D eigenvalue weighted by atomic mass is 15.0. The second-order valence-corrected chi connectivity index (χ2v) is 3.73. The van der Waals surface area contributed by atoms with Gasteiger partial charge in [-0.2, -0.15) is 0 Å². The SMILES string of the molecule is CNCc1cccc2c1NC(C)C2. The van der Waals surface area contributed by atoms with Gasteiger partial charge in [-0.05, 0) is 31.5 Å². The Kier molecular flexibility index (Phi) is 2.23. The highest BCUT2D eigenvalue weighted by Crippen LogP contribution is 2.29. The van der Waals surface area contributed by atoms with Crippen molar-refractivity contribution in [3.63, 3.8) is 0 Å². The molecule has 2 rings (SSSR count). The summed E-state index contributed by atoms with van der Waals surface area (Å²) < 4.78 is 0. The van der Waals surface area contributed by atoms with E-state index in [1.54, 1.807) is 0 Å². The molecule has 0 saturated carbocycles. The standard InChI is InChI=1S/C11H16N2/c1-8-6-9-4-3-5-10(7-12-2)11(9)13-8/h3-5,8,12-13H,6-7H2,1-2H3. The van der Waals surface area contributed by atoms with Crippen molar-refractivity contribution in [3.8, 4) is 0 Å². The van der Waals surface area contributed by atoms with E-state index in [2.05, 4.69) is 35.8 Å². The summed E-state index contributed by atoms with van der Waals surface area (Å²) in [7, 11) is 1.98. The summed E-state index contributed by atoms with van der Waals surface area (Å²) in [6, 6.07) is 7.13. The molecule has 1 aliphatic rings. The van der Waals surface area contributed by atoms with Gasteiger partial charge >= 0.3 is 0 Å². The zero-order valence-electron chi connectivity index (χ0n) is 8.22. The molecule has 0 fully saturated rings. The average Bonchev–Trinajstić information content (AvgIpc) is 2.47. The molecule has 2 N–H and O–H groups in total. The van der Waals surface area contributed by atoms with Crippen LogP contribution >= 0.6 is 0 Å².